The second kappa shape index (κ2) is 12.0. The van der Waals surface area contributed by atoms with Crippen molar-refractivity contribution in [3.63, 3.8) is 0 Å². The van der Waals surface area contributed by atoms with Crippen LogP contribution in [0.2, 0.25) is 0 Å². The third kappa shape index (κ3) is 5.41. The van der Waals surface area contributed by atoms with Crippen LogP contribution in [0.3, 0.4) is 0 Å². The second-order valence-electron chi connectivity index (χ2n) is 10.6. The quantitative estimate of drug-likeness (QED) is 0.409. The minimum absolute atomic E-state index is 0.00261. The van der Waals surface area contributed by atoms with Crippen LogP contribution in [0, 0.1) is 10.4 Å². The monoisotopic (exact) mass is 586 g/mol. The number of benzene rings is 2. The van der Waals surface area contributed by atoms with Gasteiger partial charge < -0.3 is 20.7 Å². The summed E-state index contributed by atoms with van der Waals surface area (Å²) in [5, 5.41) is 30.7. The van der Waals surface area contributed by atoms with Crippen molar-refractivity contribution in [1.29, 1.82) is 0 Å². The van der Waals surface area contributed by atoms with Crippen LogP contribution in [-0.2, 0) is 20.0 Å². The Morgan fingerprint density at radius 3 is 1.18 bits per heavy atom. The van der Waals surface area contributed by atoms with Crippen molar-refractivity contribution in [2.75, 3.05) is 26.2 Å². The molecule has 5 rings (SSSR count). The van der Waals surface area contributed by atoms with Crippen molar-refractivity contribution < 1.29 is 16.8 Å². The summed E-state index contributed by atoms with van der Waals surface area (Å²) in [6.07, 6.45) is 9.11. The molecule has 2 aliphatic heterocycles. The molecule has 2 aromatic rings. The van der Waals surface area contributed by atoms with E-state index >= 15 is 0 Å². The molecule has 0 amide bonds. The molecule has 216 valence electrons. The van der Waals surface area contributed by atoms with Gasteiger partial charge in [0.15, 0.2) is 0 Å². The molecule has 2 saturated heterocycles. The van der Waals surface area contributed by atoms with Crippen LogP contribution in [0.15, 0.2) is 56.5 Å². The molecular weight excluding hydrogens is 552 g/mol. The lowest BCUT2D eigenvalue weighted by molar-refractivity contribution is 0.364. The standard InChI is InChI=1S/C28H36N4O6S2/c33-29-27-23-13-11-21(39(35,36)31-15-7-3-1-4-8-16-31)19-25(23)28(30-34)26-20-22(12-14-24(26)27)40(37,38)32-17-9-5-2-6-10-18-32/h11-14,19-20,33-34H,1-10,15-18H2/p-2. The van der Waals surface area contributed by atoms with Gasteiger partial charge in [0.25, 0.3) is 0 Å². The van der Waals surface area contributed by atoms with E-state index in [1.165, 1.54) is 45.0 Å². The SMILES string of the molecule is O=S(=O)(c1ccc2c(c1)C(=N[O-])c1cc(S(=O)(=O)N3CCCCCCC3)ccc1C2=N[O-])N1CCCCCCC1. The van der Waals surface area contributed by atoms with E-state index in [0.29, 0.717) is 26.2 Å². The minimum atomic E-state index is -3.86. The first-order valence-electron chi connectivity index (χ1n) is 14.0. The van der Waals surface area contributed by atoms with Gasteiger partial charge in [-0.3, -0.25) is 0 Å². The van der Waals surface area contributed by atoms with Crippen LogP contribution in [-0.4, -0.2) is 63.0 Å². The van der Waals surface area contributed by atoms with E-state index in [0.717, 1.165) is 64.2 Å². The van der Waals surface area contributed by atoms with Crippen molar-refractivity contribution in [1.82, 2.24) is 8.61 Å². The van der Waals surface area contributed by atoms with Crippen LogP contribution in [0.25, 0.3) is 0 Å². The first-order chi connectivity index (χ1) is 19.3. The Morgan fingerprint density at radius 2 is 0.825 bits per heavy atom. The maximum atomic E-state index is 13.6. The van der Waals surface area contributed by atoms with Gasteiger partial charge in [0.05, 0.1) is 21.2 Å². The van der Waals surface area contributed by atoms with E-state index < -0.39 is 20.0 Å². The molecule has 2 aromatic carbocycles. The van der Waals surface area contributed by atoms with Gasteiger partial charge in [-0.05, 0) is 49.9 Å². The van der Waals surface area contributed by atoms with Crippen LogP contribution < -0.4 is 0 Å². The summed E-state index contributed by atoms with van der Waals surface area (Å²) in [7, 11) is -7.73. The Labute approximate surface area is 236 Å². The third-order valence-corrected chi connectivity index (χ3v) is 11.9. The zero-order valence-corrected chi connectivity index (χ0v) is 24.1. The normalized spacial score (nSPS) is 19.9. The summed E-state index contributed by atoms with van der Waals surface area (Å²) in [5.74, 6) is 0. The maximum absolute atomic E-state index is 13.6. The van der Waals surface area contributed by atoms with Crippen molar-refractivity contribution >= 4 is 31.5 Å². The lowest BCUT2D eigenvalue weighted by Crippen LogP contribution is -2.34. The van der Waals surface area contributed by atoms with Crippen LogP contribution in [0.1, 0.15) is 86.5 Å². The average molecular weight is 587 g/mol. The highest BCUT2D eigenvalue weighted by atomic mass is 32.2. The molecule has 0 radical (unpaired) electrons. The van der Waals surface area contributed by atoms with Gasteiger partial charge in [-0.15, -0.1) is 0 Å². The Bertz CT molecular complexity index is 1410. The van der Waals surface area contributed by atoms with Crippen LogP contribution >= 0.6 is 0 Å². The molecule has 12 heteroatoms. The molecule has 0 saturated carbocycles. The fourth-order valence-electron chi connectivity index (χ4n) is 5.88. The topological polar surface area (TPSA) is 146 Å². The molecule has 1 aliphatic carbocycles. The van der Waals surface area contributed by atoms with Gasteiger partial charge in [0, 0.05) is 48.4 Å². The highest BCUT2D eigenvalue weighted by molar-refractivity contribution is 7.89. The Kier molecular flexibility index (Phi) is 8.60. The average Bonchev–Trinajstić information content (AvgIpc) is 2.90. The number of fused-ring (bicyclic) bond motifs is 2. The van der Waals surface area contributed by atoms with Crippen molar-refractivity contribution in [3.8, 4) is 0 Å². The van der Waals surface area contributed by atoms with E-state index in [1.807, 2.05) is 0 Å². The molecule has 0 aromatic heterocycles. The van der Waals surface area contributed by atoms with Gasteiger partial charge >= 0.3 is 0 Å². The van der Waals surface area contributed by atoms with Crippen LogP contribution in [0.4, 0.5) is 0 Å². The van der Waals surface area contributed by atoms with Crippen LogP contribution in [0.5, 0.6) is 0 Å². The molecule has 2 heterocycles. The Hall–Kier alpha value is -2.80. The van der Waals surface area contributed by atoms with Crippen molar-refractivity contribution in [2.24, 2.45) is 10.3 Å². The molecule has 40 heavy (non-hydrogen) atoms. The summed E-state index contributed by atoms with van der Waals surface area (Å²) in [4.78, 5) is -0.0165. The molecule has 0 atom stereocenters. The van der Waals surface area contributed by atoms with E-state index in [1.54, 1.807) is 0 Å². The Balaban J connectivity index is 1.56. The highest BCUT2D eigenvalue weighted by Gasteiger charge is 2.32. The first kappa shape index (κ1) is 28.7. The summed E-state index contributed by atoms with van der Waals surface area (Å²) >= 11 is 0. The van der Waals surface area contributed by atoms with Gasteiger partial charge in [-0.25, -0.2) is 16.8 Å². The molecule has 10 nitrogen and oxygen atoms in total. The summed E-state index contributed by atoms with van der Waals surface area (Å²) in [6, 6.07) is 8.50. The molecule has 0 spiro atoms. The lowest BCUT2D eigenvalue weighted by atomic mass is 9.83. The second-order valence-corrected chi connectivity index (χ2v) is 14.5. The zero-order chi connectivity index (χ0) is 28.3. The summed E-state index contributed by atoms with van der Waals surface area (Å²) in [5.41, 5.74) is 0.734. The molecule has 0 unspecified atom stereocenters. The fourth-order valence-corrected chi connectivity index (χ4v) is 8.96. The van der Waals surface area contributed by atoms with Gasteiger partial charge in [-0.1, -0.05) is 50.7 Å². The lowest BCUT2D eigenvalue weighted by Gasteiger charge is -2.29. The first-order valence-corrected chi connectivity index (χ1v) is 16.9. The number of nitrogens with zero attached hydrogens (tertiary/aromatic N) is 4. The summed E-state index contributed by atoms with van der Waals surface area (Å²) in [6.45, 7) is 1.65. The van der Waals surface area contributed by atoms with E-state index in [4.69, 9.17) is 0 Å². The maximum Gasteiger partial charge on any atom is 0.243 e. The van der Waals surface area contributed by atoms with Crippen molar-refractivity contribution in [2.45, 2.75) is 74.0 Å². The number of hydrogen-bond donors (Lipinski definition) is 0. The van der Waals surface area contributed by atoms with E-state index in [9.17, 15) is 27.3 Å². The smallest absolute Gasteiger partial charge is 0.243 e. The van der Waals surface area contributed by atoms with Crippen molar-refractivity contribution in [3.05, 3.63) is 69.1 Å². The summed E-state index contributed by atoms with van der Waals surface area (Å²) < 4.78 is 57.2. The molecule has 0 bridgehead atoms. The highest BCUT2D eigenvalue weighted by Crippen LogP contribution is 2.33. The number of sulfonamides is 2. The predicted molar refractivity (Wildman–Crippen MR) is 155 cm³/mol. The van der Waals surface area contributed by atoms with Gasteiger partial charge in [0.1, 0.15) is 0 Å². The van der Waals surface area contributed by atoms with Gasteiger partial charge in [-0.2, -0.15) is 8.61 Å². The predicted octanol–water partition coefficient (Wildman–Crippen LogP) is 4.58. The molecule has 0 N–H and O–H groups in total. The van der Waals surface area contributed by atoms with Gasteiger partial charge in [0.2, 0.25) is 20.0 Å². The molecule has 2 fully saturated rings. The molecular formula is C28H34N4O6S2-2. The van der Waals surface area contributed by atoms with E-state index in [-0.39, 0.29) is 43.5 Å². The largest absolute Gasteiger partial charge is 0.791 e. The minimum Gasteiger partial charge on any atom is -0.791 e. The Morgan fingerprint density at radius 1 is 0.500 bits per heavy atom. The zero-order valence-electron chi connectivity index (χ0n) is 22.4. The number of rotatable bonds is 4. The van der Waals surface area contributed by atoms with E-state index in [2.05, 4.69) is 10.3 Å². The number of hydrogen-bond acceptors (Lipinski definition) is 8. The molecule has 3 aliphatic rings. The third-order valence-electron chi connectivity index (χ3n) is 8.09. The fraction of sp³-hybridized carbons (Fsp3) is 0.500.